The first kappa shape index (κ1) is 84.7. The van der Waals surface area contributed by atoms with Crippen LogP contribution in [0.1, 0.15) is 399 Å². The molecule has 0 aliphatic rings. The number of hydrogen-bond acceptors (Lipinski definition) is 5. The van der Waals surface area contributed by atoms with Gasteiger partial charge in [0.2, 0.25) is 5.91 Å². The van der Waals surface area contributed by atoms with E-state index in [-0.39, 0.29) is 19.1 Å². The van der Waals surface area contributed by atoms with Gasteiger partial charge in [0.1, 0.15) is 13.2 Å². The van der Waals surface area contributed by atoms with Crippen molar-refractivity contribution in [2.75, 3.05) is 40.9 Å². The molecular weight excluding hydrogens is 1080 g/mol. The Bertz CT molecular complexity index is 1500. The molecule has 9 heteroatoms. The van der Waals surface area contributed by atoms with Crippen molar-refractivity contribution in [2.45, 2.75) is 411 Å². The maximum atomic E-state index is 13.1. The average molecular weight is 1230 g/mol. The van der Waals surface area contributed by atoms with Crippen LogP contribution in [0.15, 0.2) is 36.5 Å². The highest BCUT2D eigenvalue weighted by atomic mass is 31.2. The van der Waals surface area contributed by atoms with Gasteiger partial charge in [0.15, 0.2) is 0 Å². The van der Waals surface area contributed by atoms with E-state index in [1.165, 1.54) is 334 Å². The maximum absolute atomic E-state index is 13.1. The molecule has 0 saturated carbocycles. The van der Waals surface area contributed by atoms with Crippen LogP contribution in [0.3, 0.4) is 0 Å². The number of aliphatic hydroxyl groups is 1. The van der Waals surface area contributed by atoms with Crippen molar-refractivity contribution in [3.63, 3.8) is 0 Å². The molecule has 3 N–H and O–H groups in total. The van der Waals surface area contributed by atoms with E-state index in [1.54, 1.807) is 6.08 Å². The molecule has 0 saturated heterocycles. The number of rotatable bonds is 72. The van der Waals surface area contributed by atoms with Crippen molar-refractivity contribution in [2.24, 2.45) is 0 Å². The molecule has 3 atom stereocenters. The molecule has 8 nitrogen and oxygen atoms in total. The number of unbranched alkanes of at least 4 members (excludes halogenated alkanes) is 55. The van der Waals surface area contributed by atoms with Crippen LogP contribution in [0.5, 0.6) is 0 Å². The number of allylic oxidation sites excluding steroid dienone is 5. The lowest BCUT2D eigenvalue weighted by Crippen LogP contribution is -2.45. The van der Waals surface area contributed by atoms with E-state index >= 15 is 0 Å². The third-order valence-corrected chi connectivity index (χ3v) is 18.8. The Labute approximate surface area is 537 Å². The lowest BCUT2D eigenvalue weighted by atomic mass is 10.0. The van der Waals surface area contributed by atoms with Gasteiger partial charge in [0, 0.05) is 6.42 Å². The van der Waals surface area contributed by atoms with Gasteiger partial charge in [0.25, 0.3) is 0 Å². The van der Waals surface area contributed by atoms with Crippen LogP contribution in [-0.2, 0) is 18.4 Å². The summed E-state index contributed by atoms with van der Waals surface area (Å²) in [5.74, 6) is -0.182. The highest BCUT2D eigenvalue weighted by molar-refractivity contribution is 7.47. The van der Waals surface area contributed by atoms with Gasteiger partial charge in [-0.25, -0.2) is 4.57 Å². The van der Waals surface area contributed by atoms with E-state index in [0.29, 0.717) is 17.4 Å². The third-order valence-electron chi connectivity index (χ3n) is 17.8. The summed E-state index contributed by atoms with van der Waals surface area (Å²) < 4.78 is 23.8. The number of carbonyl (C=O) groups is 1. The number of quaternary nitrogens is 1. The molecule has 0 aliphatic heterocycles. The quantitative estimate of drug-likeness (QED) is 0.0243. The standard InChI is InChI=1S/C77H151N2O6P/c1-6-8-10-12-14-16-18-20-22-24-26-28-30-32-33-34-35-36-37-38-39-40-41-42-43-44-45-47-49-51-53-55-57-59-61-63-65-67-69-71-77(81)78-75(74-85-86(82,83)84-73-72-79(3,4)5)76(80)70-68-66-64-62-60-58-56-54-52-50-48-46-31-29-27-25-23-21-19-17-15-13-11-9-7-2/h52,54,60,62,68,70,75-76,80H,6-51,53,55-59,61,63-67,69,71-74H2,1-5H3,(H-,78,81,82,83)/p+1/b54-52+,62-60+,70-68+. The Morgan fingerprint density at radius 1 is 0.384 bits per heavy atom. The maximum Gasteiger partial charge on any atom is 0.472 e. The minimum Gasteiger partial charge on any atom is -0.387 e. The summed E-state index contributed by atoms with van der Waals surface area (Å²) in [7, 11) is 1.56. The molecule has 0 fully saturated rings. The second-order valence-electron chi connectivity index (χ2n) is 27.7. The summed E-state index contributed by atoms with van der Waals surface area (Å²) in [6.07, 6.45) is 92.0. The van der Waals surface area contributed by atoms with E-state index in [0.717, 1.165) is 44.9 Å². The number of amides is 1. The number of carbonyl (C=O) groups excluding carboxylic acids is 1. The first-order valence-electron chi connectivity index (χ1n) is 38.4. The second-order valence-corrected chi connectivity index (χ2v) is 29.2. The summed E-state index contributed by atoms with van der Waals surface area (Å²) in [5.41, 5.74) is 0. The molecule has 0 aromatic carbocycles. The van der Waals surface area contributed by atoms with Crippen LogP contribution < -0.4 is 5.32 Å². The molecule has 1 amide bonds. The summed E-state index contributed by atoms with van der Waals surface area (Å²) in [4.78, 5) is 23.4. The number of nitrogens with one attached hydrogen (secondary N) is 1. The Morgan fingerprint density at radius 2 is 0.640 bits per heavy atom. The van der Waals surface area contributed by atoms with Crippen LogP contribution in [0.2, 0.25) is 0 Å². The lowest BCUT2D eigenvalue weighted by molar-refractivity contribution is -0.870. The van der Waals surface area contributed by atoms with Gasteiger partial charge in [-0.2, -0.15) is 0 Å². The van der Waals surface area contributed by atoms with E-state index in [4.69, 9.17) is 9.05 Å². The summed E-state index contributed by atoms with van der Waals surface area (Å²) in [6.45, 7) is 4.85. The molecule has 3 unspecified atom stereocenters. The van der Waals surface area contributed by atoms with Crippen LogP contribution >= 0.6 is 7.82 Å². The molecule has 0 bridgehead atoms. The predicted octanol–water partition coefficient (Wildman–Crippen LogP) is 24.8. The Morgan fingerprint density at radius 3 is 0.930 bits per heavy atom. The van der Waals surface area contributed by atoms with Gasteiger partial charge in [-0.1, -0.05) is 384 Å². The van der Waals surface area contributed by atoms with Crippen LogP contribution in [0, 0.1) is 0 Å². The Balaban J connectivity index is 3.96. The van der Waals surface area contributed by atoms with Crippen molar-refractivity contribution in [3.05, 3.63) is 36.5 Å². The molecule has 0 aromatic heterocycles. The van der Waals surface area contributed by atoms with Crippen molar-refractivity contribution >= 4 is 13.7 Å². The summed E-state index contributed by atoms with van der Waals surface area (Å²) in [5, 5.41) is 14.0. The number of hydrogen-bond donors (Lipinski definition) is 3. The van der Waals surface area contributed by atoms with Crippen molar-refractivity contribution in [1.82, 2.24) is 5.32 Å². The monoisotopic (exact) mass is 1230 g/mol. The minimum absolute atomic E-state index is 0.0555. The largest absolute Gasteiger partial charge is 0.472 e. The van der Waals surface area contributed by atoms with Gasteiger partial charge < -0.3 is 19.8 Å². The first-order chi connectivity index (χ1) is 42.0. The van der Waals surface area contributed by atoms with E-state index < -0.39 is 20.0 Å². The van der Waals surface area contributed by atoms with Crippen LogP contribution in [0.4, 0.5) is 0 Å². The predicted molar refractivity (Wildman–Crippen MR) is 378 cm³/mol. The number of phosphoric ester groups is 1. The van der Waals surface area contributed by atoms with Crippen molar-refractivity contribution in [3.8, 4) is 0 Å². The van der Waals surface area contributed by atoms with Gasteiger partial charge in [-0.05, 0) is 44.9 Å². The third kappa shape index (κ3) is 70.2. The van der Waals surface area contributed by atoms with Gasteiger partial charge in [-0.15, -0.1) is 0 Å². The minimum atomic E-state index is -4.37. The summed E-state index contributed by atoms with van der Waals surface area (Å²) >= 11 is 0. The smallest absolute Gasteiger partial charge is 0.387 e. The normalized spacial score (nSPS) is 13.7. The lowest BCUT2D eigenvalue weighted by Gasteiger charge is -2.25. The SMILES string of the molecule is CCCCCCCCCCCCCCCCC/C=C/CC/C=C/CC/C=C/C(O)C(COP(=O)(O)OCC[N+](C)(C)C)NC(=O)CCCCCCCCCCCCCCCCCCCCCCCCCCCCCCCCCCCCCCCCC. The zero-order valence-electron chi connectivity index (χ0n) is 58.6. The Kier molecular flexibility index (Phi) is 67.1. The number of aliphatic hydroxyl groups excluding tert-OH is 1. The number of likely N-dealkylation sites (N-methyl/N-ethyl adjacent to an activating group) is 1. The zero-order chi connectivity index (χ0) is 62.6. The van der Waals surface area contributed by atoms with E-state index in [9.17, 15) is 19.4 Å². The van der Waals surface area contributed by atoms with Crippen LogP contribution in [0.25, 0.3) is 0 Å². The van der Waals surface area contributed by atoms with Crippen molar-refractivity contribution in [1.29, 1.82) is 0 Å². The first-order valence-corrected chi connectivity index (χ1v) is 39.9. The molecule has 0 spiro atoms. The molecule has 0 radical (unpaired) electrons. The highest BCUT2D eigenvalue weighted by Crippen LogP contribution is 2.43. The molecule has 86 heavy (non-hydrogen) atoms. The van der Waals surface area contributed by atoms with Crippen molar-refractivity contribution < 1.29 is 32.9 Å². The summed E-state index contributed by atoms with van der Waals surface area (Å²) in [6, 6.07) is -0.870. The zero-order valence-corrected chi connectivity index (χ0v) is 59.5. The molecule has 0 aliphatic carbocycles. The van der Waals surface area contributed by atoms with E-state index in [1.807, 2.05) is 27.2 Å². The van der Waals surface area contributed by atoms with Crippen LogP contribution in [-0.4, -0.2) is 73.4 Å². The van der Waals surface area contributed by atoms with Gasteiger partial charge >= 0.3 is 7.82 Å². The fraction of sp³-hybridized carbons (Fsp3) is 0.909. The molecule has 0 rings (SSSR count). The topological polar surface area (TPSA) is 105 Å². The van der Waals surface area contributed by atoms with Gasteiger partial charge in [-0.3, -0.25) is 13.8 Å². The number of nitrogens with zero attached hydrogens (tertiary/aromatic N) is 1. The molecule has 0 aromatic rings. The van der Waals surface area contributed by atoms with Gasteiger partial charge in [0.05, 0.1) is 39.9 Å². The molecule has 510 valence electrons. The highest BCUT2D eigenvalue weighted by Gasteiger charge is 2.28. The van der Waals surface area contributed by atoms with E-state index in [2.05, 4.69) is 43.5 Å². The molecular formula is C77H152N2O6P+. The molecule has 0 heterocycles. The fourth-order valence-electron chi connectivity index (χ4n) is 11.9. The second kappa shape index (κ2) is 68.1. The fourth-order valence-corrected chi connectivity index (χ4v) is 12.6. The average Bonchev–Trinajstić information content (AvgIpc) is 3.70. The Hall–Kier alpha value is -1.28. The number of phosphoric acid groups is 1.